The van der Waals surface area contributed by atoms with Gasteiger partial charge in [-0.25, -0.2) is 8.42 Å². The van der Waals surface area contributed by atoms with Crippen molar-refractivity contribution in [1.82, 2.24) is 0 Å². The molecule has 1 radical (unpaired) electrons. The molecule has 1 saturated carbocycles. The van der Waals surface area contributed by atoms with E-state index in [1.807, 2.05) is 0 Å². The molecule has 0 aromatic carbocycles. The van der Waals surface area contributed by atoms with Gasteiger partial charge in [-0.2, -0.15) is 0 Å². The minimum atomic E-state index is -2.81. The summed E-state index contributed by atoms with van der Waals surface area (Å²) in [6.07, 6.45) is 6.23. The van der Waals surface area contributed by atoms with E-state index in [0.717, 1.165) is 30.9 Å². The summed E-state index contributed by atoms with van der Waals surface area (Å²) in [6, 6.07) is 0. The Morgan fingerprint density at radius 3 is 1.90 bits per heavy atom. The lowest BCUT2D eigenvalue weighted by Gasteiger charge is -2.18. The van der Waals surface area contributed by atoms with E-state index in [9.17, 15) is 8.42 Å². The molecule has 0 aromatic rings. The Bertz CT molecular complexity index is 188. The zero-order chi connectivity index (χ0) is 7.61. The summed E-state index contributed by atoms with van der Waals surface area (Å²) in [5.41, 5.74) is 0. The van der Waals surface area contributed by atoms with Gasteiger partial charge in [0.2, 0.25) is 0 Å². The first kappa shape index (κ1) is 8.05. The molecule has 1 aliphatic rings. The van der Waals surface area contributed by atoms with E-state index >= 15 is 0 Å². The number of rotatable bonds is 1. The summed E-state index contributed by atoms with van der Waals surface area (Å²) < 4.78 is 21.9. The number of sulfone groups is 1. The lowest BCUT2D eigenvalue weighted by molar-refractivity contribution is 0.543. The predicted octanol–water partition coefficient (Wildman–Crippen LogP) is 1.53. The highest BCUT2D eigenvalue weighted by atomic mass is 32.2. The number of hydrogen-bond donors (Lipinski definition) is 0. The summed E-state index contributed by atoms with van der Waals surface area (Å²) in [4.78, 5) is 0. The Balaban J connectivity index is 2.56. The van der Waals surface area contributed by atoms with E-state index in [2.05, 4.69) is 0 Å². The molecule has 0 amide bonds. The van der Waals surface area contributed by atoms with Crippen molar-refractivity contribution in [3.05, 3.63) is 5.25 Å². The van der Waals surface area contributed by atoms with Crippen LogP contribution in [-0.4, -0.2) is 14.7 Å². The Kier molecular flexibility index (Phi) is 2.34. The van der Waals surface area contributed by atoms with Gasteiger partial charge < -0.3 is 0 Å². The van der Waals surface area contributed by atoms with Crippen LogP contribution in [0.1, 0.15) is 32.1 Å². The first-order valence-corrected chi connectivity index (χ1v) is 5.54. The standard InChI is InChI=1S/C7H13O2S/c1-10(8,9)7-5-3-2-4-6-7/h2-6H2,1H3. The molecule has 0 atom stereocenters. The summed E-state index contributed by atoms with van der Waals surface area (Å²) in [5.74, 6) is 0. The third kappa shape index (κ3) is 1.97. The van der Waals surface area contributed by atoms with Crippen molar-refractivity contribution in [2.24, 2.45) is 0 Å². The molecule has 0 saturated heterocycles. The Hall–Kier alpha value is -0.0500. The van der Waals surface area contributed by atoms with Crippen molar-refractivity contribution in [3.63, 3.8) is 0 Å². The molecule has 10 heavy (non-hydrogen) atoms. The van der Waals surface area contributed by atoms with E-state index in [1.54, 1.807) is 0 Å². The van der Waals surface area contributed by atoms with Crippen LogP contribution in [0.5, 0.6) is 0 Å². The minimum Gasteiger partial charge on any atom is -0.228 e. The van der Waals surface area contributed by atoms with Crippen LogP contribution in [0, 0.1) is 5.25 Å². The molecule has 0 N–H and O–H groups in total. The Morgan fingerprint density at radius 2 is 1.60 bits per heavy atom. The molecule has 0 spiro atoms. The first-order valence-electron chi connectivity index (χ1n) is 3.65. The van der Waals surface area contributed by atoms with Gasteiger partial charge in [-0.3, -0.25) is 0 Å². The topological polar surface area (TPSA) is 34.1 Å². The van der Waals surface area contributed by atoms with Gasteiger partial charge in [0.15, 0.2) is 9.84 Å². The first-order chi connectivity index (χ1) is 4.61. The van der Waals surface area contributed by atoms with Gasteiger partial charge in [0.1, 0.15) is 0 Å². The molecule has 1 aliphatic carbocycles. The van der Waals surface area contributed by atoms with E-state index in [0.29, 0.717) is 0 Å². The van der Waals surface area contributed by atoms with Gasteiger partial charge in [0.25, 0.3) is 0 Å². The third-order valence-electron chi connectivity index (χ3n) is 1.94. The lowest BCUT2D eigenvalue weighted by atomic mass is 10.0. The summed E-state index contributed by atoms with van der Waals surface area (Å²) in [6.45, 7) is 0. The van der Waals surface area contributed by atoms with Crippen LogP contribution in [0.25, 0.3) is 0 Å². The molecule has 1 fully saturated rings. The fourth-order valence-corrected chi connectivity index (χ4v) is 2.35. The highest BCUT2D eigenvalue weighted by Gasteiger charge is 2.23. The van der Waals surface area contributed by atoms with Crippen molar-refractivity contribution in [1.29, 1.82) is 0 Å². The van der Waals surface area contributed by atoms with Crippen molar-refractivity contribution < 1.29 is 8.42 Å². The zero-order valence-corrected chi connectivity index (χ0v) is 7.08. The van der Waals surface area contributed by atoms with E-state index < -0.39 is 9.84 Å². The Labute approximate surface area is 62.5 Å². The second-order valence-corrected chi connectivity index (χ2v) is 4.99. The van der Waals surface area contributed by atoms with Crippen molar-refractivity contribution in [2.75, 3.05) is 6.26 Å². The zero-order valence-electron chi connectivity index (χ0n) is 6.26. The summed E-state index contributed by atoms with van der Waals surface area (Å²) in [5, 5.41) is 0.763. The molecule has 2 nitrogen and oxygen atoms in total. The fourth-order valence-electron chi connectivity index (χ4n) is 1.32. The maximum atomic E-state index is 10.9. The second-order valence-electron chi connectivity index (χ2n) is 2.87. The molecular formula is C7H13O2S. The molecule has 1 rings (SSSR count). The van der Waals surface area contributed by atoms with Gasteiger partial charge in [-0.1, -0.05) is 19.3 Å². The van der Waals surface area contributed by atoms with Gasteiger partial charge >= 0.3 is 0 Å². The van der Waals surface area contributed by atoms with Gasteiger partial charge in [0, 0.05) is 6.26 Å². The Morgan fingerprint density at radius 1 is 1.10 bits per heavy atom. The van der Waals surface area contributed by atoms with Crippen LogP contribution in [0.2, 0.25) is 0 Å². The van der Waals surface area contributed by atoms with Gasteiger partial charge in [-0.05, 0) is 12.8 Å². The van der Waals surface area contributed by atoms with E-state index in [4.69, 9.17) is 0 Å². The largest absolute Gasteiger partial charge is 0.228 e. The average Bonchev–Trinajstić information content (AvgIpc) is 1.88. The minimum absolute atomic E-state index is 0.763. The molecule has 59 valence electrons. The third-order valence-corrected chi connectivity index (χ3v) is 3.39. The second kappa shape index (κ2) is 2.91. The van der Waals surface area contributed by atoms with Crippen LogP contribution < -0.4 is 0 Å². The van der Waals surface area contributed by atoms with Crippen LogP contribution in [0.4, 0.5) is 0 Å². The monoisotopic (exact) mass is 161 g/mol. The van der Waals surface area contributed by atoms with Crippen LogP contribution in [0.3, 0.4) is 0 Å². The molecule has 0 heterocycles. The van der Waals surface area contributed by atoms with E-state index in [1.165, 1.54) is 12.7 Å². The molecular weight excluding hydrogens is 148 g/mol. The predicted molar refractivity (Wildman–Crippen MR) is 41.2 cm³/mol. The molecule has 0 unspecified atom stereocenters. The van der Waals surface area contributed by atoms with E-state index in [-0.39, 0.29) is 0 Å². The van der Waals surface area contributed by atoms with Gasteiger partial charge in [0.05, 0.1) is 5.25 Å². The van der Waals surface area contributed by atoms with Crippen molar-refractivity contribution in [2.45, 2.75) is 32.1 Å². The van der Waals surface area contributed by atoms with Gasteiger partial charge in [-0.15, -0.1) is 0 Å². The molecule has 0 aliphatic heterocycles. The maximum Gasteiger partial charge on any atom is 0.154 e. The normalized spacial score (nSPS) is 22.9. The number of hydrogen-bond acceptors (Lipinski definition) is 2. The summed E-state index contributed by atoms with van der Waals surface area (Å²) in [7, 11) is -2.81. The summed E-state index contributed by atoms with van der Waals surface area (Å²) >= 11 is 0. The maximum absolute atomic E-state index is 10.9. The lowest BCUT2D eigenvalue weighted by Crippen LogP contribution is -2.13. The van der Waals surface area contributed by atoms with Crippen LogP contribution >= 0.6 is 0 Å². The highest BCUT2D eigenvalue weighted by Crippen LogP contribution is 2.29. The quantitative estimate of drug-likeness (QED) is 0.584. The highest BCUT2D eigenvalue weighted by molar-refractivity contribution is 7.93. The van der Waals surface area contributed by atoms with Crippen molar-refractivity contribution in [3.8, 4) is 0 Å². The van der Waals surface area contributed by atoms with Crippen LogP contribution in [-0.2, 0) is 9.84 Å². The van der Waals surface area contributed by atoms with Crippen LogP contribution in [0.15, 0.2) is 0 Å². The SMILES string of the molecule is CS(=O)(=O)[C]1CCCCC1. The molecule has 0 bridgehead atoms. The average molecular weight is 161 g/mol. The van der Waals surface area contributed by atoms with Crippen molar-refractivity contribution >= 4 is 9.84 Å². The smallest absolute Gasteiger partial charge is 0.154 e. The molecule has 3 heteroatoms. The fraction of sp³-hybridized carbons (Fsp3) is 0.857. The molecule has 0 aromatic heterocycles.